The fourth-order valence-electron chi connectivity index (χ4n) is 3.90. The summed E-state index contributed by atoms with van der Waals surface area (Å²) in [5.74, 6) is 1.72. The number of primary amides is 1. The van der Waals surface area contributed by atoms with Gasteiger partial charge in [-0.2, -0.15) is 0 Å². The Labute approximate surface area is 274 Å². The number of carbonyl (C=O) groups is 5. The van der Waals surface area contributed by atoms with Crippen molar-refractivity contribution in [3.63, 3.8) is 0 Å². The lowest BCUT2D eigenvalue weighted by molar-refractivity contribution is -0.124. The van der Waals surface area contributed by atoms with Crippen molar-refractivity contribution >= 4 is 30.9 Å². The number of rotatable bonds is 12. The average Bonchev–Trinajstić information content (AvgIpc) is 3.05. The van der Waals surface area contributed by atoms with Crippen molar-refractivity contribution in [2.45, 2.75) is 53.0 Å². The molecule has 0 bridgehead atoms. The molecule has 0 saturated carbocycles. The number of nitrogens with one attached hydrogen (secondary N) is 2. The quantitative estimate of drug-likeness (QED) is 0.251. The molecule has 46 heavy (non-hydrogen) atoms. The number of aliphatic hydroxyl groups is 1. The number of nitrogens with two attached hydrogens (primary N) is 1. The second kappa shape index (κ2) is 28.4. The van der Waals surface area contributed by atoms with Crippen LogP contribution in [0.1, 0.15) is 44.2 Å². The predicted molar refractivity (Wildman–Crippen MR) is 180 cm³/mol. The van der Waals surface area contributed by atoms with E-state index >= 15 is 0 Å². The Morgan fingerprint density at radius 2 is 1.59 bits per heavy atom. The lowest BCUT2D eigenvalue weighted by Crippen LogP contribution is -2.43. The molecule has 2 amide bonds. The van der Waals surface area contributed by atoms with Gasteiger partial charge in [-0.3, -0.25) is 19.2 Å². The molecular formula is C34H54N4O8. The van der Waals surface area contributed by atoms with Crippen molar-refractivity contribution in [1.29, 1.82) is 0 Å². The third kappa shape index (κ3) is 22.4. The molecular weight excluding hydrogens is 592 g/mol. The Balaban J connectivity index is 0. The highest BCUT2D eigenvalue weighted by molar-refractivity contribution is 5.83. The molecule has 2 aromatic carbocycles. The summed E-state index contributed by atoms with van der Waals surface area (Å²) < 4.78 is 9.70. The van der Waals surface area contributed by atoms with Gasteiger partial charge in [-0.25, -0.2) is 0 Å². The van der Waals surface area contributed by atoms with Crippen LogP contribution in [0.5, 0.6) is 11.5 Å². The summed E-state index contributed by atoms with van der Waals surface area (Å²) in [4.78, 5) is 54.0. The summed E-state index contributed by atoms with van der Waals surface area (Å²) in [6.07, 6.45) is 4.07. The summed E-state index contributed by atoms with van der Waals surface area (Å²) in [6, 6.07) is 14.7. The van der Waals surface area contributed by atoms with E-state index in [1.807, 2.05) is 50.2 Å². The van der Waals surface area contributed by atoms with Crippen molar-refractivity contribution < 1.29 is 38.6 Å². The van der Waals surface area contributed by atoms with E-state index < -0.39 is 0 Å². The van der Waals surface area contributed by atoms with Crippen LogP contribution in [0.3, 0.4) is 0 Å². The number of amides is 2. The van der Waals surface area contributed by atoms with Gasteiger partial charge in [0.2, 0.25) is 11.8 Å². The highest BCUT2D eigenvalue weighted by Gasteiger charge is 2.20. The molecule has 1 aliphatic heterocycles. The molecule has 3 rings (SSSR count). The van der Waals surface area contributed by atoms with Gasteiger partial charge in [0.1, 0.15) is 24.4 Å². The van der Waals surface area contributed by atoms with Crippen LogP contribution < -0.4 is 25.8 Å². The van der Waals surface area contributed by atoms with Crippen LogP contribution in [-0.2, 0) is 24.0 Å². The predicted octanol–water partition coefficient (Wildman–Crippen LogP) is 2.46. The van der Waals surface area contributed by atoms with Gasteiger partial charge in [0, 0.05) is 13.0 Å². The smallest absolute Gasteiger partial charge is 0.298 e. The van der Waals surface area contributed by atoms with Crippen molar-refractivity contribution in [2.75, 3.05) is 47.4 Å². The minimum atomic E-state index is -0.194. The van der Waals surface area contributed by atoms with Crippen molar-refractivity contribution in [2.24, 2.45) is 17.6 Å². The maximum absolute atomic E-state index is 11.3. The molecule has 0 spiro atoms. The van der Waals surface area contributed by atoms with Crippen LogP contribution in [0, 0.1) is 25.7 Å². The van der Waals surface area contributed by atoms with Gasteiger partial charge in [0.15, 0.2) is 6.29 Å². The standard InChI is InChI=1S/C9H18N2O2.C9H10O2.C8H8O2.C7H14N2O.CH4O/c1-7(2)6-8(10-3)9(13)11-4-5-12;1-8-4-2-3-5-9(8)11-7-6-10;1-7-2-4-8(5-3-7)10-6-9;1-9-4-2-6(3-5-9)7(8)10;1-2/h5,7-8,10H,4,6H2,1-3H3,(H,11,13);2-6H,7H2,1H3;2-6H,1H3;6H,2-5H2,1H3,(H2,8,10);2H,1H3. The second-order valence-corrected chi connectivity index (χ2v) is 10.6. The van der Waals surface area contributed by atoms with Gasteiger partial charge in [0.25, 0.3) is 6.47 Å². The number of hydrogen-bond acceptors (Lipinski definition) is 10. The number of nitrogens with zero attached hydrogens (tertiary/aromatic N) is 1. The van der Waals surface area contributed by atoms with E-state index in [1.54, 1.807) is 19.2 Å². The van der Waals surface area contributed by atoms with E-state index in [1.165, 1.54) is 0 Å². The van der Waals surface area contributed by atoms with Crippen LogP contribution >= 0.6 is 0 Å². The zero-order valence-electron chi connectivity index (χ0n) is 28.4. The highest BCUT2D eigenvalue weighted by atomic mass is 16.5. The number of aliphatic hydroxyl groups excluding tert-OH is 1. The molecule has 1 atom stereocenters. The molecule has 0 aliphatic carbocycles. The fourth-order valence-corrected chi connectivity index (χ4v) is 3.90. The molecule has 0 radical (unpaired) electrons. The minimum absolute atomic E-state index is 0.0924. The third-order valence-electron chi connectivity index (χ3n) is 6.46. The third-order valence-corrected chi connectivity index (χ3v) is 6.46. The van der Waals surface area contributed by atoms with Crippen LogP contribution in [0.2, 0.25) is 0 Å². The number of likely N-dealkylation sites (tertiary alicyclic amines) is 1. The molecule has 5 N–H and O–H groups in total. The molecule has 1 aliphatic rings. The Bertz CT molecular complexity index is 1100. The van der Waals surface area contributed by atoms with E-state index in [0.29, 0.717) is 24.4 Å². The van der Waals surface area contributed by atoms with Gasteiger partial charge in [-0.15, -0.1) is 0 Å². The van der Waals surface area contributed by atoms with Crippen LogP contribution in [-0.4, -0.2) is 94.4 Å². The lowest BCUT2D eigenvalue weighted by atomic mass is 9.97. The number of ether oxygens (including phenoxy) is 2. The van der Waals surface area contributed by atoms with Crippen molar-refractivity contribution in [1.82, 2.24) is 15.5 Å². The van der Waals surface area contributed by atoms with Crippen molar-refractivity contribution in [3.05, 3.63) is 59.7 Å². The van der Waals surface area contributed by atoms with Crippen LogP contribution in [0.15, 0.2) is 48.5 Å². The second-order valence-electron chi connectivity index (χ2n) is 10.6. The van der Waals surface area contributed by atoms with Gasteiger partial charge in [-0.05, 0) is 90.0 Å². The number of aldehydes is 2. The molecule has 1 fully saturated rings. The van der Waals surface area contributed by atoms with Crippen LogP contribution in [0.4, 0.5) is 0 Å². The zero-order chi connectivity index (χ0) is 35.3. The number of carbonyl (C=O) groups excluding carboxylic acids is 5. The molecule has 1 saturated heterocycles. The number of benzene rings is 2. The topological polar surface area (TPSA) is 177 Å². The summed E-state index contributed by atoms with van der Waals surface area (Å²) >= 11 is 0. The molecule has 12 nitrogen and oxygen atoms in total. The molecule has 2 aromatic rings. The Hall–Kier alpha value is -4.13. The average molecular weight is 647 g/mol. The monoisotopic (exact) mass is 646 g/mol. The van der Waals surface area contributed by atoms with E-state index in [9.17, 15) is 24.0 Å². The van der Waals surface area contributed by atoms with Crippen LogP contribution in [0.25, 0.3) is 0 Å². The molecule has 12 heteroatoms. The molecule has 1 unspecified atom stereocenters. The van der Waals surface area contributed by atoms with E-state index in [-0.39, 0.29) is 36.9 Å². The first-order valence-corrected chi connectivity index (χ1v) is 15.1. The van der Waals surface area contributed by atoms with Gasteiger partial charge >= 0.3 is 0 Å². The number of piperidine rings is 1. The van der Waals surface area contributed by atoms with Gasteiger partial charge in [-0.1, -0.05) is 49.7 Å². The zero-order valence-corrected chi connectivity index (χ0v) is 28.4. The first-order chi connectivity index (χ1) is 22.0. The van der Waals surface area contributed by atoms with E-state index in [4.69, 9.17) is 15.6 Å². The number of likely N-dealkylation sites (N-methyl/N-ethyl adjacent to an activating group) is 1. The SMILES string of the molecule is CN1CCC(C(N)=O)CC1.CNC(CC(C)C)C(=O)NCC=O.CO.Cc1ccc(OC=O)cc1.Cc1ccccc1OCC=O. The minimum Gasteiger partial charge on any atom is -0.486 e. The summed E-state index contributed by atoms with van der Waals surface area (Å²) in [7, 11) is 4.81. The van der Waals surface area contributed by atoms with E-state index in [0.717, 1.165) is 62.6 Å². The van der Waals surface area contributed by atoms with E-state index in [2.05, 4.69) is 41.2 Å². The fraction of sp³-hybridized carbons (Fsp3) is 0.500. The Morgan fingerprint density at radius 1 is 1.00 bits per heavy atom. The molecule has 1 heterocycles. The maximum atomic E-state index is 11.3. The Morgan fingerprint density at radius 3 is 2.04 bits per heavy atom. The number of para-hydroxylation sites is 1. The summed E-state index contributed by atoms with van der Waals surface area (Å²) in [5, 5.41) is 12.4. The van der Waals surface area contributed by atoms with Crippen molar-refractivity contribution in [3.8, 4) is 11.5 Å². The highest BCUT2D eigenvalue weighted by Crippen LogP contribution is 2.16. The lowest BCUT2D eigenvalue weighted by Gasteiger charge is -2.26. The van der Waals surface area contributed by atoms with Gasteiger partial charge in [0.05, 0.1) is 12.6 Å². The van der Waals surface area contributed by atoms with Gasteiger partial charge < -0.3 is 40.6 Å². The molecule has 258 valence electrons. The maximum Gasteiger partial charge on any atom is 0.298 e. The first-order valence-electron chi connectivity index (χ1n) is 15.1. The largest absolute Gasteiger partial charge is 0.486 e. The number of aryl methyl sites for hydroxylation is 2. The molecule has 0 aromatic heterocycles. The number of hydrogen-bond donors (Lipinski definition) is 4. The first kappa shape index (κ1) is 44.0. The summed E-state index contributed by atoms with van der Waals surface area (Å²) in [6.45, 7) is 10.7. The Kier molecular flexibility index (Phi) is 27.1. The summed E-state index contributed by atoms with van der Waals surface area (Å²) in [5.41, 5.74) is 7.36. The normalized spacial score (nSPS) is 12.8.